The van der Waals surface area contributed by atoms with Crippen molar-refractivity contribution >= 4 is 21.6 Å². The van der Waals surface area contributed by atoms with E-state index in [9.17, 15) is 13.2 Å². The molecule has 0 bridgehead atoms. The van der Waals surface area contributed by atoms with Gasteiger partial charge in [0, 0.05) is 12.6 Å². The molecule has 1 heterocycles. The van der Waals surface area contributed by atoms with E-state index in [0.717, 1.165) is 15.6 Å². The predicted octanol–water partition coefficient (Wildman–Crippen LogP) is 2.33. The zero-order valence-electron chi connectivity index (χ0n) is 17.1. The number of carbonyl (C=O) groups is 1. The Morgan fingerprint density at radius 2 is 1.77 bits per heavy atom. The van der Waals surface area contributed by atoms with Crippen LogP contribution in [0.1, 0.15) is 19.4 Å². The monoisotopic (exact) mass is 434 g/mol. The fourth-order valence-corrected chi connectivity index (χ4v) is 4.01. The van der Waals surface area contributed by atoms with Gasteiger partial charge in [0.25, 0.3) is 0 Å². The number of amides is 1. The fraction of sp³-hybridized carbons (Fsp3) is 0.381. The van der Waals surface area contributed by atoms with Gasteiger partial charge in [-0.2, -0.15) is 0 Å². The van der Waals surface area contributed by atoms with Crippen LogP contribution >= 0.6 is 0 Å². The van der Waals surface area contributed by atoms with E-state index >= 15 is 0 Å². The minimum atomic E-state index is -3.67. The molecule has 0 saturated carbocycles. The molecular formula is C21H26N2O6S. The summed E-state index contributed by atoms with van der Waals surface area (Å²) in [6.45, 7) is 4.82. The van der Waals surface area contributed by atoms with E-state index in [1.54, 1.807) is 18.2 Å². The Morgan fingerprint density at radius 3 is 2.43 bits per heavy atom. The van der Waals surface area contributed by atoms with Gasteiger partial charge in [-0.1, -0.05) is 12.1 Å². The predicted molar refractivity (Wildman–Crippen MR) is 114 cm³/mol. The lowest BCUT2D eigenvalue weighted by molar-refractivity contribution is -0.119. The Labute approximate surface area is 176 Å². The van der Waals surface area contributed by atoms with E-state index in [1.807, 2.05) is 31.2 Å². The second kappa shape index (κ2) is 9.71. The van der Waals surface area contributed by atoms with Crippen LogP contribution in [0.5, 0.6) is 17.2 Å². The molecule has 30 heavy (non-hydrogen) atoms. The van der Waals surface area contributed by atoms with Gasteiger partial charge in [-0.05, 0) is 43.7 Å². The quantitative estimate of drug-likeness (QED) is 0.651. The number of hydrogen-bond donors (Lipinski definition) is 1. The van der Waals surface area contributed by atoms with Crippen LogP contribution in [0.4, 0.5) is 5.69 Å². The van der Waals surface area contributed by atoms with Crippen molar-refractivity contribution in [1.82, 2.24) is 5.32 Å². The number of fused-ring (bicyclic) bond motifs is 1. The smallest absolute Gasteiger partial charge is 0.241 e. The number of nitrogens with one attached hydrogen (secondary N) is 1. The highest BCUT2D eigenvalue weighted by Crippen LogP contribution is 2.34. The second-order valence-electron chi connectivity index (χ2n) is 6.59. The number of anilines is 1. The summed E-state index contributed by atoms with van der Waals surface area (Å²) >= 11 is 0. The third-order valence-electron chi connectivity index (χ3n) is 4.53. The van der Waals surface area contributed by atoms with Crippen molar-refractivity contribution < 1.29 is 27.4 Å². The molecule has 0 spiro atoms. The molecular weight excluding hydrogens is 408 g/mol. The fourth-order valence-electron chi connectivity index (χ4n) is 2.95. The van der Waals surface area contributed by atoms with Gasteiger partial charge in [0.05, 0.1) is 18.0 Å². The van der Waals surface area contributed by atoms with Crippen LogP contribution in [0.3, 0.4) is 0 Å². The number of nitrogens with zero attached hydrogens (tertiary/aromatic N) is 1. The van der Waals surface area contributed by atoms with Crippen LogP contribution in [-0.4, -0.2) is 46.4 Å². The molecule has 162 valence electrons. The first-order valence-corrected chi connectivity index (χ1v) is 11.4. The minimum Gasteiger partial charge on any atom is -0.494 e. The number of carbonyl (C=O) groups excluding carboxylic acids is 1. The Bertz CT molecular complexity index is 975. The highest BCUT2D eigenvalue weighted by Gasteiger charge is 2.25. The first-order chi connectivity index (χ1) is 14.4. The molecule has 0 aliphatic carbocycles. The molecule has 9 heteroatoms. The first kappa shape index (κ1) is 21.8. The van der Waals surface area contributed by atoms with Crippen molar-refractivity contribution in [2.45, 2.75) is 20.4 Å². The summed E-state index contributed by atoms with van der Waals surface area (Å²) in [7, 11) is -3.67. The summed E-state index contributed by atoms with van der Waals surface area (Å²) < 4.78 is 42.8. The van der Waals surface area contributed by atoms with Gasteiger partial charge in [0.1, 0.15) is 25.5 Å². The van der Waals surface area contributed by atoms with Crippen LogP contribution < -0.4 is 23.8 Å². The van der Waals surface area contributed by atoms with E-state index in [0.29, 0.717) is 37.0 Å². The molecule has 8 nitrogen and oxygen atoms in total. The maximum absolute atomic E-state index is 12.6. The maximum atomic E-state index is 12.6. The zero-order chi connectivity index (χ0) is 21.6. The molecule has 0 fully saturated rings. The largest absolute Gasteiger partial charge is 0.494 e. The average molecular weight is 435 g/mol. The van der Waals surface area contributed by atoms with E-state index in [2.05, 4.69) is 5.32 Å². The maximum Gasteiger partial charge on any atom is 0.241 e. The van der Waals surface area contributed by atoms with Crippen LogP contribution in [0.25, 0.3) is 0 Å². The van der Waals surface area contributed by atoms with E-state index < -0.39 is 15.9 Å². The first-order valence-electron chi connectivity index (χ1n) is 9.81. The van der Waals surface area contributed by atoms with Gasteiger partial charge in [0.2, 0.25) is 15.9 Å². The molecule has 0 unspecified atom stereocenters. The lowest BCUT2D eigenvalue weighted by atomic mass is 10.2. The van der Waals surface area contributed by atoms with Gasteiger partial charge in [-0.15, -0.1) is 0 Å². The van der Waals surface area contributed by atoms with Gasteiger partial charge >= 0.3 is 0 Å². The topological polar surface area (TPSA) is 94.2 Å². The number of ether oxygens (including phenoxy) is 3. The van der Waals surface area contributed by atoms with Crippen LogP contribution in [0, 0.1) is 0 Å². The summed E-state index contributed by atoms with van der Waals surface area (Å²) in [5, 5.41) is 2.77. The molecule has 1 aliphatic rings. The molecule has 2 aromatic carbocycles. The van der Waals surface area contributed by atoms with E-state index in [1.165, 1.54) is 6.92 Å². The summed E-state index contributed by atoms with van der Waals surface area (Å²) in [6.07, 6.45) is 0. The highest BCUT2D eigenvalue weighted by molar-refractivity contribution is 7.92. The number of sulfonamides is 1. The van der Waals surface area contributed by atoms with Crippen LogP contribution in [0.15, 0.2) is 42.5 Å². The van der Waals surface area contributed by atoms with Crippen molar-refractivity contribution in [3.05, 3.63) is 48.0 Å². The van der Waals surface area contributed by atoms with Crippen molar-refractivity contribution in [2.75, 3.05) is 36.4 Å². The molecule has 3 rings (SSSR count). The molecule has 0 atom stereocenters. The van der Waals surface area contributed by atoms with Gasteiger partial charge in [-0.25, -0.2) is 8.42 Å². The van der Waals surface area contributed by atoms with Gasteiger partial charge < -0.3 is 19.5 Å². The average Bonchev–Trinajstić information content (AvgIpc) is 2.76. The van der Waals surface area contributed by atoms with Crippen molar-refractivity contribution in [3.63, 3.8) is 0 Å². The number of rotatable bonds is 9. The summed E-state index contributed by atoms with van der Waals surface area (Å²) in [6, 6.07) is 12.2. The Balaban J connectivity index is 1.70. The highest BCUT2D eigenvalue weighted by atomic mass is 32.2. The third kappa shape index (κ3) is 5.35. The lowest BCUT2D eigenvalue weighted by Gasteiger charge is -2.25. The van der Waals surface area contributed by atoms with Gasteiger partial charge in [0.15, 0.2) is 11.5 Å². The van der Waals surface area contributed by atoms with Crippen molar-refractivity contribution in [2.24, 2.45) is 0 Å². The molecule has 2 aromatic rings. The molecule has 0 radical (unpaired) electrons. The standard InChI is InChI=1S/C21H26N2O6S/c1-3-27-18-8-5-16(6-9-18)14-22-21(24)15-23(30(25,26)4-2)17-7-10-19-20(13-17)29-12-11-28-19/h5-10,13H,3-4,11-12,14-15H2,1-2H3,(H,22,24). The molecule has 0 saturated heterocycles. The molecule has 1 amide bonds. The molecule has 1 N–H and O–H groups in total. The second-order valence-corrected chi connectivity index (χ2v) is 8.77. The SMILES string of the molecule is CCOc1ccc(CNC(=O)CN(c2ccc3c(c2)OCCO3)S(=O)(=O)CC)cc1. The van der Waals surface area contributed by atoms with Crippen molar-refractivity contribution in [1.29, 1.82) is 0 Å². The Kier molecular flexibility index (Phi) is 7.04. The van der Waals surface area contributed by atoms with E-state index in [4.69, 9.17) is 14.2 Å². The van der Waals surface area contributed by atoms with Crippen LogP contribution in [-0.2, 0) is 21.4 Å². The van der Waals surface area contributed by atoms with Crippen molar-refractivity contribution in [3.8, 4) is 17.2 Å². The third-order valence-corrected chi connectivity index (χ3v) is 6.27. The van der Waals surface area contributed by atoms with Crippen LogP contribution in [0.2, 0.25) is 0 Å². The number of benzene rings is 2. The Hall–Kier alpha value is -2.94. The summed E-state index contributed by atoms with van der Waals surface area (Å²) in [4.78, 5) is 12.5. The zero-order valence-corrected chi connectivity index (χ0v) is 17.9. The Morgan fingerprint density at radius 1 is 1.07 bits per heavy atom. The summed E-state index contributed by atoms with van der Waals surface area (Å²) in [5.41, 5.74) is 1.24. The van der Waals surface area contributed by atoms with E-state index in [-0.39, 0.29) is 18.8 Å². The number of hydrogen-bond acceptors (Lipinski definition) is 6. The minimum absolute atomic E-state index is 0.131. The lowest BCUT2D eigenvalue weighted by Crippen LogP contribution is -2.41. The molecule has 0 aromatic heterocycles. The normalized spacial score (nSPS) is 12.9. The summed E-state index contributed by atoms with van der Waals surface area (Å²) in [5.74, 6) is 1.24. The van der Waals surface area contributed by atoms with Gasteiger partial charge in [-0.3, -0.25) is 9.10 Å². The molecule has 1 aliphatic heterocycles.